The topological polar surface area (TPSA) is 55.2 Å². The molecule has 0 fully saturated rings. The molecule has 0 saturated carbocycles. The van der Waals surface area contributed by atoms with Crippen molar-refractivity contribution < 1.29 is 4.79 Å². The van der Waals surface area contributed by atoms with Gasteiger partial charge in [0.25, 0.3) is 5.56 Å². The summed E-state index contributed by atoms with van der Waals surface area (Å²) in [5.41, 5.74) is 0.541. The van der Waals surface area contributed by atoms with E-state index < -0.39 is 0 Å². The summed E-state index contributed by atoms with van der Waals surface area (Å²) in [5, 5.41) is 3.11. The van der Waals surface area contributed by atoms with E-state index in [1.54, 1.807) is 35.4 Å². The van der Waals surface area contributed by atoms with Gasteiger partial charge in [-0.2, -0.15) is 0 Å². The predicted molar refractivity (Wildman–Crippen MR) is 108 cm³/mol. The fourth-order valence-corrected chi connectivity index (χ4v) is 4.14. The molecule has 0 unspecified atom stereocenters. The van der Waals surface area contributed by atoms with E-state index in [-0.39, 0.29) is 17.2 Å². The Hall–Kier alpha value is -2.38. The molecule has 5 nitrogen and oxygen atoms in total. The van der Waals surface area contributed by atoms with Gasteiger partial charge in [0, 0.05) is 18.5 Å². The van der Waals surface area contributed by atoms with E-state index in [9.17, 15) is 9.59 Å². The molecule has 0 spiro atoms. The van der Waals surface area contributed by atoms with Crippen LogP contribution in [-0.2, 0) is 18.4 Å². The average molecular weight is 386 g/mol. The number of thiophene rings is 1. The van der Waals surface area contributed by atoms with E-state index in [1.807, 2.05) is 35.7 Å². The van der Waals surface area contributed by atoms with Gasteiger partial charge in [-0.05, 0) is 23.6 Å². The van der Waals surface area contributed by atoms with Gasteiger partial charge in [-0.1, -0.05) is 36.0 Å². The first-order valence-corrected chi connectivity index (χ1v) is 9.96. The van der Waals surface area contributed by atoms with Crippen molar-refractivity contribution in [2.24, 2.45) is 7.05 Å². The van der Waals surface area contributed by atoms with Gasteiger partial charge in [0.1, 0.15) is 0 Å². The second kappa shape index (κ2) is 8.33. The number of rotatable bonds is 7. The van der Waals surface area contributed by atoms with Gasteiger partial charge in [-0.3, -0.25) is 14.2 Å². The van der Waals surface area contributed by atoms with Crippen LogP contribution in [0.5, 0.6) is 0 Å². The monoisotopic (exact) mass is 385 g/mol. The lowest BCUT2D eigenvalue weighted by Gasteiger charge is -2.20. The Morgan fingerprint density at radius 1 is 1.35 bits per heavy atom. The number of carbonyl (C=O) groups excluding carboxylic acids is 1. The van der Waals surface area contributed by atoms with Crippen LogP contribution in [0.4, 0.5) is 0 Å². The Morgan fingerprint density at radius 3 is 2.88 bits per heavy atom. The van der Waals surface area contributed by atoms with Crippen molar-refractivity contribution >= 4 is 39.9 Å². The summed E-state index contributed by atoms with van der Waals surface area (Å²) < 4.78 is 1.50. The molecule has 0 atom stereocenters. The average Bonchev–Trinajstić information content (AvgIpc) is 3.16. The van der Waals surface area contributed by atoms with Crippen LogP contribution in [0, 0.1) is 0 Å². The maximum absolute atomic E-state index is 12.6. The van der Waals surface area contributed by atoms with Gasteiger partial charge >= 0.3 is 0 Å². The van der Waals surface area contributed by atoms with Crippen LogP contribution in [0.25, 0.3) is 10.9 Å². The van der Waals surface area contributed by atoms with E-state index in [0.717, 1.165) is 4.88 Å². The van der Waals surface area contributed by atoms with Crippen molar-refractivity contribution in [1.29, 1.82) is 0 Å². The molecule has 0 aliphatic carbocycles. The number of benzene rings is 1. The van der Waals surface area contributed by atoms with Crippen LogP contribution in [0.15, 0.2) is 64.4 Å². The summed E-state index contributed by atoms with van der Waals surface area (Å²) in [7, 11) is 1.68. The highest BCUT2D eigenvalue weighted by molar-refractivity contribution is 7.99. The molecule has 0 aliphatic rings. The molecule has 134 valence electrons. The summed E-state index contributed by atoms with van der Waals surface area (Å²) in [6, 6.07) is 11.2. The fourth-order valence-electron chi connectivity index (χ4n) is 2.55. The minimum Gasteiger partial charge on any atom is -0.333 e. The molecule has 0 N–H and O–H groups in total. The molecule has 7 heteroatoms. The fraction of sp³-hybridized carbons (Fsp3) is 0.211. The minimum absolute atomic E-state index is 0.00860. The molecule has 1 aromatic carbocycles. The molecule has 1 amide bonds. The molecule has 0 bridgehead atoms. The van der Waals surface area contributed by atoms with Crippen molar-refractivity contribution in [3.63, 3.8) is 0 Å². The number of fused-ring (bicyclic) bond motifs is 1. The largest absolute Gasteiger partial charge is 0.333 e. The number of hydrogen-bond donors (Lipinski definition) is 0. The van der Waals surface area contributed by atoms with E-state index >= 15 is 0 Å². The first kappa shape index (κ1) is 18.4. The second-order valence-corrected chi connectivity index (χ2v) is 7.68. The highest BCUT2D eigenvalue weighted by Gasteiger charge is 2.16. The van der Waals surface area contributed by atoms with Gasteiger partial charge in [0.2, 0.25) is 5.91 Å². The van der Waals surface area contributed by atoms with Crippen LogP contribution in [-0.4, -0.2) is 32.7 Å². The standard InChI is InChI=1S/C19H19N3O2S2/c1-3-10-22(12-14-7-6-11-25-14)17(23)13-26-19-20-16-9-5-4-8-15(16)18(24)21(19)2/h3-9,11H,1,10,12-13H2,2H3. The number of carbonyl (C=O) groups is 1. The molecule has 26 heavy (non-hydrogen) atoms. The van der Waals surface area contributed by atoms with Crippen molar-refractivity contribution in [1.82, 2.24) is 14.5 Å². The third-order valence-electron chi connectivity index (χ3n) is 3.90. The van der Waals surface area contributed by atoms with Crippen molar-refractivity contribution in [2.45, 2.75) is 11.7 Å². The third-order valence-corrected chi connectivity index (χ3v) is 5.77. The Kier molecular flexibility index (Phi) is 5.90. The first-order valence-electron chi connectivity index (χ1n) is 8.09. The highest BCUT2D eigenvalue weighted by atomic mass is 32.2. The zero-order chi connectivity index (χ0) is 18.5. The molecule has 2 heterocycles. The lowest BCUT2D eigenvalue weighted by molar-refractivity contribution is -0.128. The predicted octanol–water partition coefficient (Wildman–Crippen LogP) is 3.30. The highest BCUT2D eigenvalue weighted by Crippen LogP contribution is 2.19. The summed E-state index contributed by atoms with van der Waals surface area (Å²) in [6.45, 7) is 4.79. The van der Waals surface area contributed by atoms with Crippen molar-refractivity contribution in [2.75, 3.05) is 12.3 Å². The van der Waals surface area contributed by atoms with Crippen LogP contribution in [0.1, 0.15) is 4.88 Å². The molecule has 3 aromatic rings. The van der Waals surface area contributed by atoms with Gasteiger partial charge in [-0.25, -0.2) is 4.98 Å². The Bertz CT molecular complexity index is 980. The molecule has 2 aromatic heterocycles. The van der Waals surface area contributed by atoms with Crippen LogP contribution in [0.3, 0.4) is 0 Å². The smallest absolute Gasteiger partial charge is 0.261 e. The van der Waals surface area contributed by atoms with Crippen LogP contribution < -0.4 is 5.56 Å². The first-order chi connectivity index (χ1) is 12.6. The second-order valence-electron chi connectivity index (χ2n) is 5.71. The number of amides is 1. The molecule has 3 rings (SSSR count). The quantitative estimate of drug-likeness (QED) is 0.356. The lowest BCUT2D eigenvalue weighted by Crippen LogP contribution is -2.32. The minimum atomic E-state index is -0.105. The number of hydrogen-bond acceptors (Lipinski definition) is 5. The number of aromatic nitrogens is 2. The number of nitrogens with zero attached hydrogens (tertiary/aromatic N) is 3. The van der Waals surface area contributed by atoms with E-state index in [4.69, 9.17) is 0 Å². The maximum atomic E-state index is 12.6. The molecule has 0 radical (unpaired) electrons. The van der Waals surface area contributed by atoms with Crippen LogP contribution >= 0.6 is 23.1 Å². The SMILES string of the molecule is C=CCN(Cc1cccs1)C(=O)CSc1nc2ccccc2c(=O)n1C. The molecular weight excluding hydrogens is 366 g/mol. The molecule has 0 saturated heterocycles. The maximum Gasteiger partial charge on any atom is 0.261 e. The zero-order valence-corrected chi connectivity index (χ0v) is 16.1. The Morgan fingerprint density at radius 2 is 2.15 bits per heavy atom. The zero-order valence-electron chi connectivity index (χ0n) is 14.4. The summed E-state index contributed by atoms with van der Waals surface area (Å²) in [4.78, 5) is 32.5. The van der Waals surface area contributed by atoms with Crippen LogP contribution in [0.2, 0.25) is 0 Å². The van der Waals surface area contributed by atoms with Gasteiger partial charge < -0.3 is 4.90 Å². The lowest BCUT2D eigenvalue weighted by atomic mass is 10.2. The summed E-state index contributed by atoms with van der Waals surface area (Å²) in [6.07, 6.45) is 1.72. The summed E-state index contributed by atoms with van der Waals surface area (Å²) >= 11 is 2.90. The Balaban J connectivity index is 1.75. The normalized spacial score (nSPS) is 10.8. The third kappa shape index (κ3) is 4.05. The molecular formula is C19H19N3O2S2. The van der Waals surface area contributed by atoms with E-state index in [2.05, 4.69) is 11.6 Å². The van der Waals surface area contributed by atoms with Gasteiger partial charge in [0.05, 0.1) is 23.2 Å². The van der Waals surface area contributed by atoms with Gasteiger partial charge in [0.15, 0.2) is 5.16 Å². The summed E-state index contributed by atoms with van der Waals surface area (Å²) in [5.74, 6) is 0.211. The van der Waals surface area contributed by atoms with E-state index in [0.29, 0.717) is 29.1 Å². The van der Waals surface area contributed by atoms with Crippen molar-refractivity contribution in [3.05, 3.63) is 69.7 Å². The Labute approximate surface area is 160 Å². The van der Waals surface area contributed by atoms with Gasteiger partial charge in [-0.15, -0.1) is 17.9 Å². The number of thioether (sulfide) groups is 1. The van der Waals surface area contributed by atoms with E-state index in [1.165, 1.54) is 16.3 Å². The van der Waals surface area contributed by atoms with Crippen molar-refractivity contribution in [3.8, 4) is 0 Å². The number of para-hydroxylation sites is 1. The molecule has 0 aliphatic heterocycles.